The summed E-state index contributed by atoms with van der Waals surface area (Å²) in [5.74, 6) is -2.78. The molecule has 0 aromatic heterocycles. The second-order valence-electron chi connectivity index (χ2n) is 11.2. The lowest BCUT2D eigenvalue weighted by atomic mass is 10.0. The number of nitrogens with one attached hydrogen (secondary N) is 3. The van der Waals surface area contributed by atoms with Crippen LogP contribution in [-0.2, 0) is 19.2 Å². The molecule has 0 unspecified atom stereocenters. The summed E-state index contributed by atoms with van der Waals surface area (Å²) in [6, 6.07) is -2.89. The average Bonchev–Trinajstić information content (AvgIpc) is 2.91. The lowest BCUT2D eigenvalue weighted by Crippen LogP contribution is -2.57. The number of carboxylic acids is 1. The van der Waals surface area contributed by atoms with E-state index in [0.29, 0.717) is 32.2 Å². The van der Waals surface area contributed by atoms with Crippen molar-refractivity contribution in [1.82, 2.24) is 16.0 Å². The van der Waals surface area contributed by atoms with Gasteiger partial charge in [0.1, 0.15) is 18.1 Å². The molecule has 0 spiro atoms. The first-order valence-electron chi connectivity index (χ1n) is 15.6. The Bertz CT molecular complexity index is 708. The van der Waals surface area contributed by atoms with Crippen LogP contribution in [0.4, 0.5) is 0 Å². The molecule has 0 aromatic rings. The Labute approximate surface area is 248 Å². The van der Waals surface area contributed by atoms with E-state index < -0.39 is 35.9 Å². The highest BCUT2D eigenvalue weighted by Crippen LogP contribution is 2.13. The molecule has 0 aromatic carbocycles. The lowest BCUT2D eigenvalue weighted by molar-refractivity contribution is -0.143. The van der Waals surface area contributed by atoms with E-state index >= 15 is 0 Å². The number of hydrogen-bond donors (Lipinski definition) is 6. The quantitative estimate of drug-likeness (QED) is 0.0638. The molecule has 9 nitrogen and oxygen atoms in total. The summed E-state index contributed by atoms with van der Waals surface area (Å²) in [6.45, 7) is 6.10. The van der Waals surface area contributed by atoms with E-state index in [0.717, 1.165) is 19.3 Å². The summed E-state index contributed by atoms with van der Waals surface area (Å²) < 4.78 is 0. The van der Waals surface area contributed by atoms with Crippen LogP contribution in [-0.4, -0.2) is 59.2 Å². The molecule has 40 heavy (non-hydrogen) atoms. The number of amides is 3. The van der Waals surface area contributed by atoms with Gasteiger partial charge in [0.25, 0.3) is 0 Å². The van der Waals surface area contributed by atoms with Gasteiger partial charge in [-0.3, -0.25) is 14.4 Å². The number of carboxylic acid groups (broad SMARTS) is 1. The van der Waals surface area contributed by atoms with E-state index in [1.54, 1.807) is 13.8 Å². The number of aliphatic carboxylic acids is 1. The Kier molecular flexibility index (Phi) is 23.8. The third kappa shape index (κ3) is 19.3. The van der Waals surface area contributed by atoms with Crippen molar-refractivity contribution in [3.63, 3.8) is 0 Å². The third-order valence-corrected chi connectivity index (χ3v) is 7.52. The fraction of sp³-hybridized carbons (Fsp3) is 0.867. The maximum absolute atomic E-state index is 13.0. The molecule has 0 aliphatic heterocycles. The van der Waals surface area contributed by atoms with Gasteiger partial charge in [-0.1, -0.05) is 97.8 Å². The van der Waals surface area contributed by atoms with Gasteiger partial charge < -0.3 is 26.8 Å². The van der Waals surface area contributed by atoms with Crippen LogP contribution in [0, 0.1) is 5.92 Å². The first-order valence-corrected chi connectivity index (χ1v) is 16.2. The average molecular weight is 587 g/mol. The highest BCUT2D eigenvalue weighted by Gasteiger charge is 2.30. The van der Waals surface area contributed by atoms with Crippen molar-refractivity contribution in [2.45, 2.75) is 148 Å². The van der Waals surface area contributed by atoms with Crippen molar-refractivity contribution in [2.75, 3.05) is 12.3 Å². The van der Waals surface area contributed by atoms with E-state index in [1.807, 2.05) is 0 Å². The topological polar surface area (TPSA) is 151 Å². The first-order chi connectivity index (χ1) is 19.2. The van der Waals surface area contributed by atoms with Crippen molar-refractivity contribution in [3.05, 3.63) is 0 Å². The zero-order chi connectivity index (χ0) is 30.2. The first kappa shape index (κ1) is 38.2. The number of carbonyl (C=O) groups is 4. The van der Waals surface area contributed by atoms with E-state index in [-0.39, 0.29) is 17.6 Å². The van der Waals surface area contributed by atoms with Gasteiger partial charge >= 0.3 is 5.97 Å². The van der Waals surface area contributed by atoms with Gasteiger partial charge in [-0.2, -0.15) is 12.6 Å². The fourth-order valence-electron chi connectivity index (χ4n) is 4.57. The van der Waals surface area contributed by atoms with Gasteiger partial charge in [-0.25, -0.2) is 4.79 Å². The zero-order valence-corrected chi connectivity index (χ0v) is 26.2. The molecule has 10 heteroatoms. The SMILES string of the molecule is CCCCCCCCCCCCCCCC(=O)N[C@@H](CCCCN)C(=O)N[C@@H](CS)C(=O)N[C@H](C(=O)O)C(C)C. The molecule has 0 fully saturated rings. The van der Waals surface area contributed by atoms with Gasteiger partial charge in [-0.15, -0.1) is 0 Å². The smallest absolute Gasteiger partial charge is 0.326 e. The second kappa shape index (κ2) is 24.9. The summed E-state index contributed by atoms with van der Waals surface area (Å²) >= 11 is 4.17. The van der Waals surface area contributed by atoms with Gasteiger partial charge in [0.2, 0.25) is 17.7 Å². The van der Waals surface area contributed by atoms with Gasteiger partial charge in [0.15, 0.2) is 0 Å². The normalized spacial score (nSPS) is 13.4. The van der Waals surface area contributed by atoms with Crippen molar-refractivity contribution in [2.24, 2.45) is 11.7 Å². The number of thiol groups is 1. The molecule has 6 N–H and O–H groups in total. The van der Waals surface area contributed by atoms with E-state index in [2.05, 4.69) is 35.5 Å². The van der Waals surface area contributed by atoms with Crippen LogP contribution in [0.1, 0.15) is 130 Å². The molecular weight excluding hydrogens is 528 g/mol. The molecule has 0 saturated heterocycles. The van der Waals surface area contributed by atoms with E-state index in [4.69, 9.17) is 5.73 Å². The van der Waals surface area contributed by atoms with E-state index in [9.17, 15) is 24.3 Å². The summed E-state index contributed by atoms with van der Waals surface area (Å²) in [6.07, 6.45) is 18.1. The number of carbonyl (C=O) groups excluding carboxylic acids is 3. The van der Waals surface area contributed by atoms with Crippen LogP contribution >= 0.6 is 12.6 Å². The van der Waals surface area contributed by atoms with Crippen molar-refractivity contribution in [1.29, 1.82) is 0 Å². The molecule has 0 aliphatic carbocycles. The fourth-order valence-corrected chi connectivity index (χ4v) is 4.82. The number of unbranched alkanes of at least 4 members (excludes halogenated alkanes) is 13. The molecule has 0 radical (unpaired) electrons. The molecule has 0 rings (SSSR count). The molecule has 234 valence electrons. The maximum Gasteiger partial charge on any atom is 0.326 e. The largest absolute Gasteiger partial charge is 0.480 e. The minimum absolute atomic E-state index is 0.00949. The minimum atomic E-state index is -1.15. The standard InChI is InChI=1S/C30H58N4O5S/c1-4-5-6-7-8-9-10-11-12-13-14-15-16-20-26(35)32-24(19-17-18-21-31)28(36)33-25(22-40)29(37)34-27(23(2)3)30(38)39/h23-25,27,40H,4-22,31H2,1-3H3,(H,32,35)(H,33,36)(H,34,37)(H,38,39)/t24-,25-,27-/m0/s1. The van der Waals surface area contributed by atoms with Crippen molar-refractivity contribution < 1.29 is 24.3 Å². The molecule has 0 heterocycles. The second-order valence-corrected chi connectivity index (χ2v) is 11.6. The van der Waals surface area contributed by atoms with Gasteiger partial charge in [0.05, 0.1) is 0 Å². The van der Waals surface area contributed by atoms with Gasteiger partial charge in [-0.05, 0) is 38.1 Å². The molecule has 3 amide bonds. The summed E-state index contributed by atoms with van der Waals surface area (Å²) in [4.78, 5) is 49.7. The van der Waals surface area contributed by atoms with Crippen LogP contribution < -0.4 is 21.7 Å². The summed E-state index contributed by atoms with van der Waals surface area (Å²) in [5.41, 5.74) is 5.59. The molecule has 0 saturated carbocycles. The van der Waals surface area contributed by atoms with Crippen LogP contribution in [0.25, 0.3) is 0 Å². The predicted octanol–water partition coefficient (Wildman–Crippen LogP) is 4.72. The molecule has 3 atom stereocenters. The Morgan fingerprint density at radius 3 is 1.65 bits per heavy atom. The van der Waals surface area contributed by atoms with Crippen LogP contribution in [0.5, 0.6) is 0 Å². The highest BCUT2D eigenvalue weighted by atomic mass is 32.1. The zero-order valence-electron chi connectivity index (χ0n) is 25.3. The Balaban J connectivity index is 4.50. The Morgan fingerprint density at radius 2 is 1.20 bits per heavy atom. The Morgan fingerprint density at radius 1 is 0.700 bits per heavy atom. The van der Waals surface area contributed by atoms with Crippen LogP contribution in [0.3, 0.4) is 0 Å². The summed E-state index contributed by atoms with van der Waals surface area (Å²) in [7, 11) is 0. The minimum Gasteiger partial charge on any atom is -0.480 e. The van der Waals surface area contributed by atoms with Crippen molar-refractivity contribution >= 4 is 36.3 Å². The number of hydrogen-bond acceptors (Lipinski definition) is 6. The monoisotopic (exact) mass is 586 g/mol. The van der Waals surface area contributed by atoms with Crippen LogP contribution in [0.15, 0.2) is 0 Å². The van der Waals surface area contributed by atoms with E-state index in [1.165, 1.54) is 64.2 Å². The highest BCUT2D eigenvalue weighted by molar-refractivity contribution is 7.80. The maximum atomic E-state index is 13.0. The molecule has 0 aliphatic rings. The van der Waals surface area contributed by atoms with Crippen molar-refractivity contribution in [3.8, 4) is 0 Å². The predicted molar refractivity (Wildman–Crippen MR) is 165 cm³/mol. The number of nitrogens with two attached hydrogens (primary N) is 1. The van der Waals surface area contributed by atoms with Crippen LogP contribution in [0.2, 0.25) is 0 Å². The Hall–Kier alpha value is -1.81. The summed E-state index contributed by atoms with van der Waals surface area (Å²) in [5, 5.41) is 17.3. The molecular formula is C30H58N4O5S. The number of rotatable bonds is 26. The third-order valence-electron chi connectivity index (χ3n) is 7.15. The lowest BCUT2D eigenvalue weighted by Gasteiger charge is -2.24. The van der Waals surface area contributed by atoms with Gasteiger partial charge in [0, 0.05) is 12.2 Å². The molecule has 0 bridgehead atoms.